The molecule has 2 aromatic rings. The molecule has 0 N–H and O–H groups in total. The number of aryl methyl sites for hydroxylation is 2. The third kappa shape index (κ3) is 2.53. The van der Waals surface area contributed by atoms with Crippen LogP contribution in [-0.2, 0) is 10.2 Å². The molecule has 0 aromatic carbocycles. The van der Waals surface area contributed by atoms with Crippen molar-refractivity contribution >= 4 is 0 Å². The Morgan fingerprint density at radius 3 is 2.38 bits per heavy atom. The molecule has 0 spiro atoms. The Balaban J connectivity index is 2.12. The molecule has 0 radical (unpaired) electrons. The molecule has 1 saturated heterocycles. The van der Waals surface area contributed by atoms with E-state index >= 15 is 0 Å². The quantitative estimate of drug-likeness (QED) is 0.846. The van der Waals surface area contributed by atoms with E-state index in [4.69, 9.17) is 9.84 Å². The van der Waals surface area contributed by atoms with E-state index in [1.807, 2.05) is 0 Å². The van der Waals surface area contributed by atoms with Crippen LogP contribution < -0.4 is 0 Å². The molecule has 0 bridgehead atoms. The first-order chi connectivity index (χ1) is 9.88. The fraction of sp³-hybridized carbons (Fsp3) is 0.588. The third-order valence-electron chi connectivity index (χ3n) is 4.24. The zero-order valence-electron chi connectivity index (χ0n) is 13.7. The van der Waals surface area contributed by atoms with Gasteiger partial charge in [0.2, 0.25) is 0 Å². The summed E-state index contributed by atoms with van der Waals surface area (Å²) in [6, 6.07) is 6.88. The van der Waals surface area contributed by atoms with Gasteiger partial charge in [-0.1, -0.05) is 20.8 Å². The van der Waals surface area contributed by atoms with Gasteiger partial charge in [-0.25, -0.2) is 0 Å². The van der Waals surface area contributed by atoms with Gasteiger partial charge in [0.1, 0.15) is 0 Å². The maximum Gasteiger partial charge on any atom is 0.159 e. The zero-order chi connectivity index (χ0) is 15.2. The van der Waals surface area contributed by atoms with Crippen molar-refractivity contribution in [3.8, 4) is 5.82 Å². The van der Waals surface area contributed by atoms with Gasteiger partial charge >= 0.3 is 0 Å². The minimum absolute atomic E-state index is 0.0722. The van der Waals surface area contributed by atoms with Gasteiger partial charge in [0, 0.05) is 35.2 Å². The Hall–Kier alpha value is -1.55. The van der Waals surface area contributed by atoms with E-state index in [1.165, 1.54) is 17.1 Å². The molecule has 1 atom stereocenters. The van der Waals surface area contributed by atoms with E-state index in [-0.39, 0.29) is 5.41 Å². The average molecular weight is 287 g/mol. The molecule has 4 heteroatoms. The Morgan fingerprint density at radius 2 is 1.86 bits per heavy atom. The predicted molar refractivity (Wildman–Crippen MR) is 84.2 cm³/mol. The van der Waals surface area contributed by atoms with Crippen molar-refractivity contribution in [2.75, 3.05) is 13.2 Å². The number of ether oxygens (including phenoxy) is 1. The maximum atomic E-state index is 5.56. The van der Waals surface area contributed by atoms with E-state index in [9.17, 15) is 0 Å². The van der Waals surface area contributed by atoms with Crippen LogP contribution in [0.15, 0.2) is 18.2 Å². The lowest BCUT2D eigenvalue weighted by Crippen LogP contribution is -2.22. The first kappa shape index (κ1) is 14.4. The van der Waals surface area contributed by atoms with Crippen LogP contribution in [0.2, 0.25) is 0 Å². The van der Waals surface area contributed by atoms with Crippen LogP contribution in [0.25, 0.3) is 5.82 Å². The van der Waals surface area contributed by atoms with Crippen molar-refractivity contribution < 1.29 is 4.74 Å². The lowest BCUT2D eigenvalue weighted by molar-refractivity contribution is 0.183. The topological polar surface area (TPSA) is 32.0 Å². The van der Waals surface area contributed by atoms with Crippen LogP contribution in [0, 0.1) is 13.8 Å². The van der Waals surface area contributed by atoms with Gasteiger partial charge in [0.05, 0.1) is 12.6 Å². The highest BCUT2D eigenvalue weighted by Crippen LogP contribution is 2.30. The average Bonchev–Trinajstić information content (AvgIpc) is 3.07. The van der Waals surface area contributed by atoms with Crippen molar-refractivity contribution in [1.29, 1.82) is 0 Å². The second-order valence-electron chi connectivity index (χ2n) is 7.05. The van der Waals surface area contributed by atoms with Crippen molar-refractivity contribution in [3.05, 3.63) is 35.3 Å². The second kappa shape index (κ2) is 5.02. The van der Waals surface area contributed by atoms with Gasteiger partial charge < -0.3 is 9.30 Å². The van der Waals surface area contributed by atoms with Gasteiger partial charge in [0.25, 0.3) is 0 Å². The first-order valence-corrected chi connectivity index (χ1v) is 7.71. The molecule has 0 amide bonds. The van der Waals surface area contributed by atoms with Gasteiger partial charge in [0.15, 0.2) is 5.82 Å². The van der Waals surface area contributed by atoms with Crippen LogP contribution >= 0.6 is 0 Å². The SMILES string of the molecule is Cc1ccc(C)n1-c1cc(C(C)(C)C)n([C@@H]2CCOC2)n1. The fourth-order valence-corrected chi connectivity index (χ4v) is 3.07. The largest absolute Gasteiger partial charge is 0.379 e. The summed E-state index contributed by atoms with van der Waals surface area (Å²) in [5, 5.41) is 4.92. The van der Waals surface area contributed by atoms with Crippen LogP contribution in [0.4, 0.5) is 0 Å². The first-order valence-electron chi connectivity index (χ1n) is 7.71. The Labute approximate surface area is 126 Å². The second-order valence-corrected chi connectivity index (χ2v) is 7.05. The Morgan fingerprint density at radius 1 is 1.19 bits per heavy atom. The van der Waals surface area contributed by atoms with Gasteiger partial charge in [-0.05, 0) is 32.4 Å². The monoisotopic (exact) mass is 287 g/mol. The van der Waals surface area contributed by atoms with Gasteiger partial charge in [-0.2, -0.15) is 5.10 Å². The number of hydrogen-bond acceptors (Lipinski definition) is 2. The smallest absolute Gasteiger partial charge is 0.159 e. The molecule has 1 fully saturated rings. The van der Waals surface area contributed by atoms with E-state index in [0.717, 1.165) is 25.5 Å². The van der Waals surface area contributed by atoms with Gasteiger partial charge in [-0.3, -0.25) is 4.68 Å². The molecule has 1 aliphatic rings. The highest BCUT2D eigenvalue weighted by Gasteiger charge is 2.28. The Bertz CT molecular complexity index is 620. The molecule has 0 saturated carbocycles. The molecule has 0 unspecified atom stereocenters. The van der Waals surface area contributed by atoms with Crippen LogP contribution in [0.1, 0.15) is 50.3 Å². The Kier molecular flexibility index (Phi) is 3.44. The summed E-state index contributed by atoms with van der Waals surface area (Å²) in [6.45, 7) is 12.6. The molecule has 1 aliphatic heterocycles. The lowest BCUT2D eigenvalue weighted by Gasteiger charge is -2.22. The number of aromatic nitrogens is 3. The predicted octanol–water partition coefficient (Wildman–Crippen LogP) is 3.55. The third-order valence-corrected chi connectivity index (χ3v) is 4.24. The van der Waals surface area contributed by atoms with E-state index in [0.29, 0.717) is 6.04 Å². The van der Waals surface area contributed by atoms with Crippen molar-refractivity contribution in [2.24, 2.45) is 0 Å². The summed E-state index contributed by atoms with van der Waals surface area (Å²) in [7, 11) is 0. The van der Waals surface area contributed by atoms with E-state index in [1.54, 1.807) is 0 Å². The standard InChI is InChI=1S/C17H25N3O/c1-12-6-7-13(2)19(12)16-10-15(17(3,4)5)20(18-16)14-8-9-21-11-14/h6-7,10,14H,8-9,11H2,1-5H3/t14-/m1/s1. The van der Waals surface area contributed by atoms with E-state index < -0.39 is 0 Å². The summed E-state index contributed by atoms with van der Waals surface area (Å²) >= 11 is 0. The highest BCUT2D eigenvalue weighted by molar-refractivity contribution is 5.35. The molecule has 0 aliphatic carbocycles. The molecular weight excluding hydrogens is 262 g/mol. The van der Waals surface area contributed by atoms with Crippen LogP contribution in [-0.4, -0.2) is 27.6 Å². The van der Waals surface area contributed by atoms with E-state index in [2.05, 4.69) is 62.1 Å². The highest BCUT2D eigenvalue weighted by atomic mass is 16.5. The molecule has 2 aromatic heterocycles. The normalized spacial score (nSPS) is 19.4. The lowest BCUT2D eigenvalue weighted by atomic mass is 9.91. The van der Waals surface area contributed by atoms with Crippen molar-refractivity contribution in [1.82, 2.24) is 14.3 Å². The minimum atomic E-state index is 0.0722. The summed E-state index contributed by atoms with van der Waals surface area (Å²) < 4.78 is 9.98. The van der Waals surface area contributed by atoms with Crippen LogP contribution in [0.5, 0.6) is 0 Å². The fourth-order valence-electron chi connectivity index (χ4n) is 3.07. The molecule has 3 heterocycles. The summed E-state index contributed by atoms with van der Waals surface area (Å²) in [5.74, 6) is 1.02. The number of nitrogens with zero attached hydrogens (tertiary/aromatic N) is 3. The number of rotatable bonds is 2. The number of hydrogen-bond donors (Lipinski definition) is 0. The molecule has 3 rings (SSSR count). The summed E-state index contributed by atoms with van der Waals surface area (Å²) in [5.41, 5.74) is 3.80. The molecular formula is C17H25N3O. The minimum Gasteiger partial charge on any atom is -0.379 e. The van der Waals surface area contributed by atoms with Crippen molar-refractivity contribution in [3.63, 3.8) is 0 Å². The van der Waals surface area contributed by atoms with Crippen LogP contribution in [0.3, 0.4) is 0 Å². The maximum absolute atomic E-state index is 5.56. The van der Waals surface area contributed by atoms with Crippen molar-refractivity contribution in [2.45, 2.75) is 52.5 Å². The zero-order valence-corrected chi connectivity index (χ0v) is 13.7. The molecule has 4 nitrogen and oxygen atoms in total. The summed E-state index contributed by atoms with van der Waals surface area (Å²) in [4.78, 5) is 0. The molecule has 114 valence electrons. The molecule has 21 heavy (non-hydrogen) atoms. The van der Waals surface area contributed by atoms with Gasteiger partial charge in [-0.15, -0.1) is 0 Å². The summed E-state index contributed by atoms with van der Waals surface area (Å²) in [6.07, 6.45) is 1.05.